The van der Waals surface area contributed by atoms with Crippen molar-refractivity contribution in [3.8, 4) is 0 Å². The number of nitrogens with zero attached hydrogens (tertiary/aromatic N) is 1. The summed E-state index contributed by atoms with van der Waals surface area (Å²) in [5.41, 5.74) is 6.33. The second kappa shape index (κ2) is 6.35. The van der Waals surface area contributed by atoms with Crippen LogP contribution in [0.4, 0.5) is 0 Å². The minimum absolute atomic E-state index is 0.384. The lowest BCUT2D eigenvalue weighted by atomic mass is 9.82. The third-order valence-electron chi connectivity index (χ3n) is 4.21. The van der Waals surface area contributed by atoms with Crippen LogP contribution in [0.15, 0.2) is 28.7 Å². The van der Waals surface area contributed by atoms with Crippen LogP contribution in [-0.4, -0.2) is 35.2 Å². The normalized spacial score (nSPS) is 27.7. The van der Waals surface area contributed by atoms with E-state index in [0.717, 1.165) is 36.7 Å². The third-order valence-corrected chi connectivity index (χ3v) is 4.70. The molecule has 1 aromatic carbocycles. The fraction of sp³-hybridized carbons (Fsp3) is 0.600. The van der Waals surface area contributed by atoms with Crippen LogP contribution < -0.4 is 5.73 Å². The average Bonchev–Trinajstić information content (AvgIpc) is 2.39. The highest BCUT2D eigenvalue weighted by Gasteiger charge is 2.33. The highest BCUT2D eigenvalue weighted by atomic mass is 79.9. The summed E-state index contributed by atoms with van der Waals surface area (Å²) in [5.74, 6) is 0. The summed E-state index contributed by atoms with van der Waals surface area (Å²) in [5, 5.41) is 10.2. The molecule has 0 saturated heterocycles. The van der Waals surface area contributed by atoms with Crippen LogP contribution in [0, 0.1) is 0 Å². The van der Waals surface area contributed by atoms with Gasteiger partial charge in [-0.3, -0.25) is 4.90 Å². The smallest absolute Gasteiger partial charge is 0.0770 e. The average molecular weight is 327 g/mol. The van der Waals surface area contributed by atoms with Crippen LogP contribution >= 0.6 is 15.9 Å². The maximum absolute atomic E-state index is 10.2. The first-order valence-electron chi connectivity index (χ1n) is 6.89. The van der Waals surface area contributed by atoms with Crippen molar-refractivity contribution in [2.45, 2.75) is 43.9 Å². The minimum Gasteiger partial charge on any atom is -0.389 e. The van der Waals surface area contributed by atoms with Crippen molar-refractivity contribution in [1.29, 1.82) is 0 Å². The van der Waals surface area contributed by atoms with Gasteiger partial charge in [0.1, 0.15) is 0 Å². The maximum Gasteiger partial charge on any atom is 0.0770 e. The first kappa shape index (κ1) is 15.0. The number of hydrogen-bond acceptors (Lipinski definition) is 3. The third kappa shape index (κ3) is 4.02. The van der Waals surface area contributed by atoms with E-state index in [1.54, 1.807) is 0 Å². The second-order valence-corrected chi connectivity index (χ2v) is 6.62. The number of rotatable bonds is 4. The Morgan fingerprint density at radius 3 is 2.68 bits per heavy atom. The molecular formula is C15H23BrN2O. The topological polar surface area (TPSA) is 49.5 Å². The predicted octanol–water partition coefficient (Wildman–Crippen LogP) is 2.51. The highest BCUT2D eigenvalue weighted by Crippen LogP contribution is 2.30. The van der Waals surface area contributed by atoms with E-state index >= 15 is 0 Å². The molecule has 4 heteroatoms. The largest absolute Gasteiger partial charge is 0.389 e. The minimum atomic E-state index is -0.618. The van der Waals surface area contributed by atoms with Crippen LogP contribution in [0.3, 0.4) is 0 Å². The fourth-order valence-electron chi connectivity index (χ4n) is 2.84. The predicted molar refractivity (Wildman–Crippen MR) is 81.9 cm³/mol. The van der Waals surface area contributed by atoms with Crippen LogP contribution in [0.25, 0.3) is 0 Å². The molecule has 1 saturated carbocycles. The van der Waals surface area contributed by atoms with Crippen LogP contribution in [-0.2, 0) is 6.54 Å². The van der Waals surface area contributed by atoms with Crippen molar-refractivity contribution in [1.82, 2.24) is 4.90 Å². The molecule has 0 bridgehead atoms. The molecule has 0 heterocycles. The molecule has 1 aliphatic carbocycles. The van der Waals surface area contributed by atoms with Gasteiger partial charge in [0.15, 0.2) is 0 Å². The van der Waals surface area contributed by atoms with Crippen molar-refractivity contribution in [3.63, 3.8) is 0 Å². The summed E-state index contributed by atoms with van der Waals surface area (Å²) in [6.45, 7) is 1.33. The maximum atomic E-state index is 10.2. The molecule has 3 N–H and O–H groups in total. The molecule has 0 spiro atoms. The van der Waals surface area contributed by atoms with E-state index in [9.17, 15) is 5.11 Å². The molecule has 0 aliphatic heterocycles. The van der Waals surface area contributed by atoms with Gasteiger partial charge >= 0.3 is 0 Å². The van der Waals surface area contributed by atoms with Gasteiger partial charge in [0, 0.05) is 23.6 Å². The Labute approximate surface area is 123 Å². The molecule has 3 nitrogen and oxygen atoms in total. The van der Waals surface area contributed by atoms with Gasteiger partial charge in [-0.2, -0.15) is 0 Å². The molecule has 0 aromatic heterocycles. The quantitative estimate of drug-likeness (QED) is 0.893. The van der Waals surface area contributed by atoms with Gasteiger partial charge in [-0.1, -0.05) is 28.1 Å². The van der Waals surface area contributed by atoms with Crippen molar-refractivity contribution in [3.05, 3.63) is 34.3 Å². The summed E-state index contributed by atoms with van der Waals surface area (Å²) in [6.07, 6.45) is 3.68. The molecule has 1 aromatic rings. The molecule has 2 rings (SSSR count). The second-order valence-electron chi connectivity index (χ2n) is 5.70. The van der Waals surface area contributed by atoms with E-state index in [0.29, 0.717) is 12.6 Å². The molecule has 19 heavy (non-hydrogen) atoms. The van der Waals surface area contributed by atoms with Crippen molar-refractivity contribution >= 4 is 15.9 Å². The Balaban J connectivity index is 1.89. The van der Waals surface area contributed by atoms with Crippen molar-refractivity contribution < 1.29 is 5.11 Å². The van der Waals surface area contributed by atoms with Gasteiger partial charge in [0.05, 0.1) is 5.60 Å². The fourth-order valence-corrected chi connectivity index (χ4v) is 3.28. The first-order chi connectivity index (χ1) is 9.02. The first-order valence-corrected chi connectivity index (χ1v) is 7.69. The Kier molecular flexibility index (Phi) is 5.01. The van der Waals surface area contributed by atoms with Crippen molar-refractivity contribution in [2.24, 2.45) is 5.73 Å². The van der Waals surface area contributed by atoms with Gasteiger partial charge in [-0.15, -0.1) is 0 Å². The van der Waals surface area contributed by atoms with E-state index < -0.39 is 5.60 Å². The number of benzene rings is 1. The van der Waals surface area contributed by atoms with Gasteiger partial charge < -0.3 is 10.8 Å². The number of aliphatic hydroxyl groups is 1. The number of nitrogens with two attached hydrogens (primary N) is 1. The molecule has 0 amide bonds. The van der Waals surface area contributed by atoms with Gasteiger partial charge in [0.2, 0.25) is 0 Å². The van der Waals surface area contributed by atoms with E-state index in [1.165, 1.54) is 5.56 Å². The summed E-state index contributed by atoms with van der Waals surface area (Å²) in [4.78, 5) is 2.39. The molecule has 0 unspecified atom stereocenters. The Morgan fingerprint density at radius 1 is 1.42 bits per heavy atom. The SMILES string of the molecule is CN(Cc1cccc(Br)c1)C1CCC(O)(CN)CC1. The lowest BCUT2D eigenvalue weighted by molar-refractivity contribution is -0.0104. The molecule has 0 radical (unpaired) electrons. The lowest BCUT2D eigenvalue weighted by Gasteiger charge is -2.39. The summed E-state index contributed by atoms with van der Waals surface area (Å²) in [7, 11) is 2.17. The van der Waals surface area contributed by atoms with E-state index in [2.05, 4.69) is 46.1 Å². The van der Waals surface area contributed by atoms with Crippen LogP contribution in [0.1, 0.15) is 31.2 Å². The van der Waals surface area contributed by atoms with Crippen molar-refractivity contribution in [2.75, 3.05) is 13.6 Å². The monoisotopic (exact) mass is 326 g/mol. The molecule has 1 fully saturated rings. The summed E-state index contributed by atoms with van der Waals surface area (Å²) < 4.78 is 1.12. The molecule has 106 valence electrons. The van der Waals surface area contributed by atoms with Gasteiger partial charge in [-0.05, 0) is 50.4 Å². The zero-order chi connectivity index (χ0) is 13.9. The number of halogens is 1. The zero-order valence-corrected chi connectivity index (χ0v) is 13.1. The van der Waals surface area contributed by atoms with E-state index in [-0.39, 0.29) is 0 Å². The van der Waals surface area contributed by atoms with E-state index in [1.807, 2.05) is 6.07 Å². The van der Waals surface area contributed by atoms with E-state index in [4.69, 9.17) is 5.73 Å². The zero-order valence-electron chi connectivity index (χ0n) is 11.5. The van der Waals surface area contributed by atoms with Crippen LogP contribution in [0.5, 0.6) is 0 Å². The Morgan fingerprint density at radius 2 is 2.11 bits per heavy atom. The summed E-state index contributed by atoms with van der Waals surface area (Å²) >= 11 is 3.51. The standard InChI is InChI=1S/C15H23BrN2O/c1-18(10-12-3-2-4-13(16)9-12)14-5-7-15(19,11-17)8-6-14/h2-4,9,14,19H,5-8,10-11,17H2,1H3. The Hall–Kier alpha value is -0.420. The summed E-state index contributed by atoms with van der Waals surface area (Å²) in [6, 6.07) is 8.98. The molecule has 1 aliphatic rings. The van der Waals surface area contributed by atoms with Gasteiger partial charge in [-0.25, -0.2) is 0 Å². The lowest BCUT2D eigenvalue weighted by Crippen LogP contribution is -2.45. The number of hydrogen-bond donors (Lipinski definition) is 2. The molecular weight excluding hydrogens is 304 g/mol. The Bertz CT molecular complexity index is 416. The van der Waals surface area contributed by atoms with Crippen LogP contribution in [0.2, 0.25) is 0 Å². The molecule has 0 atom stereocenters. The highest BCUT2D eigenvalue weighted by molar-refractivity contribution is 9.10. The van der Waals surface area contributed by atoms with Gasteiger partial charge in [0.25, 0.3) is 0 Å².